The van der Waals surface area contributed by atoms with E-state index in [1.165, 1.54) is 12.1 Å². The topological polar surface area (TPSA) is 67.2 Å². The van der Waals surface area contributed by atoms with Crippen LogP contribution < -0.4 is 10.6 Å². The first kappa shape index (κ1) is 13.2. The molecule has 0 bridgehead atoms. The van der Waals surface area contributed by atoms with Gasteiger partial charge in [0.1, 0.15) is 0 Å². The summed E-state index contributed by atoms with van der Waals surface area (Å²) in [7, 11) is 1.71. The van der Waals surface area contributed by atoms with E-state index < -0.39 is 4.92 Å². The van der Waals surface area contributed by atoms with Crippen LogP contribution in [0.5, 0.6) is 0 Å². The van der Waals surface area contributed by atoms with Gasteiger partial charge >= 0.3 is 0 Å². The first-order chi connectivity index (χ1) is 9.08. The molecule has 0 saturated heterocycles. The lowest BCUT2D eigenvalue weighted by atomic mass is 10.2. The lowest BCUT2D eigenvalue weighted by Gasteiger charge is -2.09. The second-order valence-corrected chi connectivity index (χ2v) is 4.35. The van der Waals surface area contributed by atoms with E-state index in [1.54, 1.807) is 31.3 Å². The molecule has 6 heteroatoms. The number of halogens is 1. The lowest BCUT2D eigenvalue weighted by Crippen LogP contribution is -1.96. The quantitative estimate of drug-likeness (QED) is 0.654. The summed E-state index contributed by atoms with van der Waals surface area (Å²) in [5.41, 5.74) is 2.09. The van der Waals surface area contributed by atoms with Gasteiger partial charge in [-0.25, -0.2) is 0 Å². The molecule has 0 atom stereocenters. The number of hydrogen-bond acceptors (Lipinski definition) is 4. The van der Waals surface area contributed by atoms with Gasteiger partial charge in [0.2, 0.25) is 0 Å². The SMILES string of the molecule is CNc1cc(Nc2cccc(Cl)c2)cc([N+](=O)[O-])c1. The van der Waals surface area contributed by atoms with Gasteiger partial charge in [-0.15, -0.1) is 0 Å². The smallest absolute Gasteiger partial charge is 0.273 e. The van der Waals surface area contributed by atoms with Crippen molar-refractivity contribution >= 4 is 34.4 Å². The first-order valence-electron chi connectivity index (χ1n) is 5.58. The van der Waals surface area contributed by atoms with Crippen LogP contribution >= 0.6 is 11.6 Å². The first-order valence-corrected chi connectivity index (χ1v) is 5.96. The van der Waals surface area contributed by atoms with E-state index in [0.29, 0.717) is 16.4 Å². The summed E-state index contributed by atoms with van der Waals surface area (Å²) in [6, 6.07) is 11.9. The van der Waals surface area contributed by atoms with Crippen molar-refractivity contribution in [2.24, 2.45) is 0 Å². The Morgan fingerprint density at radius 1 is 1.11 bits per heavy atom. The van der Waals surface area contributed by atoms with E-state index in [-0.39, 0.29) is 5.69 Å². The van der Waals surface area contributed by atoms with E-state index >= 15 is 0 Å². The molecule has 0 aliphatic rings. The Morgan fingerprint density at radius 3 is 2.47 bits per heavy atom. The van der Waals surface area contributed by atoms with Crippen LogP contribution in [-0.2, 0) is 0 Å². The maximum absolute atomic E-state index is 10.9. The predicted molar refractivity (Wildman–Crippen MR) is 77.4 cm³/mol. The Kier molecular flexibility index (Phi) is 3.87. The van der Waals surface area contributed by atoms with Gasteiger partial charge in [0.05, 0.1) is 4.92 Å². The molecular weight excluding hydrogens is 266 g/mol. The summed E-state index contributed by atoms with van der Waals surface area (Å²) in [5.74, 6) is 0. The number of anilines is 3. The zero-order valence-electron chi connectivity index (χ0n) is 10.2. The highest BCUT2D eigenvalue weighted by atomic mass is 35.5. The fraction of sp³-hybridized carbons (Fsp3) is 0.0769. The molecule has 2 rings (SSSR count). The van der Waals surface area contributed by atoms with Gasteiger partial charge in [0.15, 0.2) is 0 Å². The maximum Gasteiger partial charge on any atom is 0.273 e. The van der Waals surface area contributed by atoms with Gasteiger partial charge in [0, 0.05) is 41.3 Å². The summed E-state index contributed by atoms with van der Waals surface area (Å²) in [6.45, 7) is 0. The molecule has 0 heterocycles. The third-order valence-corrected chi connectivity index (χ3v) is 2.77. The number of benzene rings is 2. The molecule has 2 aromatic carbocycles. The lowest BCUT2D eigenvalue weighted by molar-refractivity contribution is -0.384. The van der Waals surface area contributed by atoms with E-state index in [9.17, 15) is 10.1 Å². The van der Waals surface area contributed by atoms with Gasteiger partial charge in [0.25, 0.3) is 5.69 Å². The van der Waals surface area contributed by atoms with Crippen molar-refractivity contribution in [3.8, 4) is 0 Å². The Balaban J connectivity index is 2.34. The predicted octanol–water partition coefficient (Wildman–Crippen LogP) is 4.03. The van der Waals surface area contributed by atoms with Gasteiger partial charge in [-0.05, 0) is 24.3 Å². The fourth-order valence-corrected chi connectivity index (χ4v) is 1.86. The molecule has 0 fully saturated rings. The van der Waals surface area contributed by atoms with Crippen LogP contribution in [0.2, 0.25) is 5.02 Å². The van der Waals surface area contributed by atoms with Crippen molar-refractivity contribution in [1.82, 2.24) is 0 Å². The summed E-state index contributed by atoms with van der Waals surface area (Å²) >= 11 is 5.89. The molecule has 0 aromatic heterocycles. The van der Waals surface area contributed by atoms with Gasteiger partial charge in [-0.3, -0.25) is 10.1 Å². The highest BCUT2D eigenvalue weighted by Crippen LogP contribution is 2.27. The molecule has 19 heavy (non-hydrogen) atoms. The largest absolute Gasteiger partial charge is 0.388 e. The molecule has 0 amide bonds. The summed E-state index contributed by atoms with van der Waals surface area (Å²) in [6.07, 6.45) is 0. The van der Waals surface area contributed by atoms with Gasteiger partial charge in [-0.1, -0.05) is 17.7 Å². The normalized spacial score (nSPS) is 10.0. The van der Waals surface area contributed by atoms with E-state index in [0.717, 1.165) is 5.69 Å². The molecule has 2 aromatic rings. The standard InChI is InChI=1S/C13H12ClN3O2/c1-15-11-6-12(8-13(7-11)17(18)19)16-10-4-2-3-9(14)5-10/h2-8,15-16H,1H3. The number of hydrogen-bond donors (Lipinski definition) is 2. The molecular formula is C13H12ClN3O2. The highest BCUT2D eigenvalue weighted by molar-refractivity contribution is 6.30. The Morgan fingerprint density at radius 2 is 1.84 bits per heavy atom. The number of nitro benzene ring substituents is 1. The van der Waals surface area contributed by atoms with Crippen molar-refractivity contribution in [1.29, 1.82) is 0 Å². The number of nitro groups is 1. The van der Waals surface area contributed by atoms with Crippen molar-refractivity contribution in [3.05, 3.63) is 57.6 Å². The fourth-order valence-electron chi connectivity index (χ4n) is 1.67. The summed E-state index contributed by atoms with van der Waals surface area (Å²) in [4.78, 5) is 10.4. The third-order valence-electron chi connectivity index (χ3n) is 2.53. The minimum Gasteiger partial charge on any atom is -0.388 e. The molecule has 0 radical (unpaired) electrons. The zero-order chi connectivity index (χ0) is 13.8. The van der Waals surface area contributed by atoms with Gasteiger partial charge in [-0.2, -0.15) is 0 Å². The van der Waals surface area contributed by atoms with E-state index in [2.05, 4.69) is 10.6 Å². The summed E-state index contributed by atoms with van der Waals surface area (Å²) < 4.78 is 0. The third kappa shape index (κ3) is 3.35. The van der Waals surface area contributed by atoms with Crippen LogP contribution in [-0.4, -0.2) is 12.0 Å². The van der Waals surface area contributed by atoms with E-state index in [4.69, 9.17) is 11.6 Å². The molecule has 0 aliphatic heterocycles. The highest BCUT2D eigenvalue weighted by Gasteiger charge is 2.09. The minimum atomic E-state index is -0.427. The second kappa shape index (κ2) is 5.58. The van der Waals surface area contributed by atoms with Crippen LogP contribution in [0.25, 0.3) is 0 Å². The van der Waals surface area contributed by atoms with Gasteiger partial charge < -0.3 is 10.6 Å². The number of non-ortho nitro benzene ring substituents is 1. The maximum atomic E-state index is 10.9. The Labute approximate surface area is 115 Å². The average Bonchev–Trinajstić information content (AvgIpc) is 2.38. The second-order valence-electron chi connectivity index (χ2n) is 3.91. The molecule has 0 unspecified atom stereocenters. The van der Waals surface area contributed by atoms with Crippen molar-refractivity contribution in [2.45, 2.75) is 0 Å². The van der Waals surface area contributed by atoms with Crippen LogP contribution in [0.3, 0.4) is 0 Å². The molecule has 0 aliphatic carbocycles. The van der Waals surface area contributed by atoms with Crippen molar-refractivity contribution in [3.63, 3.8) is 0 Å². The monoisotopic (exact) mass is 277 g/mol. The molecule has 0 saturated carbocycles. The van der Waals surface area contributed by atoms with Crippen LogP contribution in [0.4, 0.5) is 22.7 Å². The van der Waals surface area contributed by atoms with Crippen molar-refractivity contribution < 1.29 is 4.92 Å². The van der Waals surface area contributed by atoms with Crippen LogP contribution in [0.1, 0.15) is 0 Å². The van der Waals surface area contributed by atoms with Crippen LogP contribution in [0, 0.1) is 10.1 Å². The molecule has 2 N–H and O–H groups in total. The number of nitrogens with zero attached hydrogens (tertiary/aromatic N) is 1. The Hall–Kier alpha value is -2.27. The molecule has 5 nitrogen and oxygen atoms in total. The minimum absolute atomic E-state index is 0.0244. The number of nitrogens with one attached hydrogen (secondary N) is 2. The van der Waals surface area contributed by atoms with Crippen molar-refractivity contribution in [2.75, 3.05) is 17.7 Å². The van der Waals surface area contributed by atoms with E-state index in [1.807, 2.05) is 6.07 Å². The van der Waals surface area contributed by atoms with Crippen LogP contribution in [0.15, 0.2) is 42.5 Å². The number of rotatable bonds is 4. The zero-order valence-corrected chi connectivity index (χ0v) is 10.9. The molecule has 98 valence electrons. The Bertz CT molecular complexity index is 617. The average molecular weight is 278 g/mol. The molecule has 0 spiro atoms. The summed E-state index contributed by atoms with van der Waals surface area (Å²) in [5, 5.41) is 17.4.